The Labute approximate surface area is 224 Å². The molecule has 210 valence electrons. The van der Waals surface area contributed by atoms with Gasteiger partial charge in [0, 0.05) is 20.1 Å². The fraction of sp³-hybridized carbons (Fsp3) is 0.500. The van der Waals surface area contributed by atoms with Crippen LogP contribution in [-0.4, -0.2) is 92.2 Å². The van der Waals surface area contributed by atoms with Gasteiger partial charge in [-0.25, -0.2) is 21.6 Å². The van der Waals surface area contributed by atoms with E-state index in [1.165, 1.54) is 40.5 Å². The van der Waals surface area contributed by atoms with Crippen LogP contribution in [-0.2, 0) is 31.0 Å². The molecule has 1 fully saturated rings. The molecule has 0 bridgehead atoms. The Kier molecular flexibility index (Phi) is 9.80. The number of aliphatic hydroxyl groups is 1. The van der Waals surface area contributed by atoms with E-state index in [-0.39, 0.29) is 54.0 Å². The molecule has 1 amide bonds. The molecule has 38 heavy (non-hydrogen) atoms. The molecule has 1 aliphatic heterocycles. The third-order valence-corrected chi connectivity index (χ3v) is 9.99. The fourth-order valence-corrected chi connectivity index (χ4v) is 7.59. The van der Waals surface area contributed by atoms with Crippen LogP contribution in [0, 0.1) is 5.92 Å². The number of benzene rings is 2. The molecule has 0 aromatic heterocycles. The predicted octanol–water partition coefficient (Wildman–Crippen LogP) is 2.27. The lowest BCUT2D eigenvalue weighted by Crippen LogP contribution is -2.52. The molecule has 1 aliphatic rings. The number of hydrogen-bond donors (Lipinski definition) is 2. The minimum atomic E-state index is -4.03. The van der Waals surface area contributed by atoms with Crippen molar-refractivity contribution >= 4 is 26.0 Å². The number of likely N-dealkylation sites (N-methyl/N-ethyl adjacent to an activating group) is 1. The van der Waals surface area contributed by atoms with Crippen LogP contribution in [0.4, 0.5) is 4.79 Å². The summed E-state index contributed by atoms with van der Waals surface area (Å²) in [5, 5.41) is 21.0. The quantitative estimate of drug-likeness (QED) is 0.421. The van der Waals surface area contributed by atoms with E-state index in [4.69, 9.17) is 4.74 Å². The van der Waals surface area contributed by atoms with Gasteiger partial charge in [-0.1, -0.05) is 44.2 Å². The highest BCUT2D eigenvalue weighted by Gasteiger charge is 2.36. The Morgan fingerprint density at radius 2 is 1.71 bits per heavy atom. The number of rotatable bonds is 11. The lowest BCUT2D eigenvalue weighted by molar-refractivity contribution is 0.0242. The zero-order valence-electron chi connectivity index (χ0n) is 21.8. The van der Waals surface area contributed by atoms with Gasteiger partial charge in [0.15, 0.2) is 9.84 Å². The van der Waals surface area contributed by atoms with Gasteiger partial charge in [0.1, 0.15) is 11.9 Å². The lowest BCUT2D eigenvalue weighted by atomic mass is 10.00. The van der Waals surface area contributed by atoms with Crippen molar-refractivity contribution < 1.29 is 36.6 Å². The molecule has 1 saturated heterocycles. The fourth-order valence-electron chi connectivity index (χ4n) is 4.38. The zero-order chi connectivity index (χ0) is 28.1. The number of sulfonamides is 1. The monoisotopic (exact) mass is 568 g/mol. The second-order valence-electron chi connectivity index (χ2n) is 10.1. The van der Waals surface area contributed by atoms with Crippen molar-refractivity contribution in [1.29, 1.82) is 0 Å². The summed E-state index contributed by atoms with van der Waals surface area (Å²) in [6.07, 6.45) is -2.43. The smallest absolute Gasteiger partial charge is 0.410 e. The third kappa shape index (κ3) is 7.92. The van der Waals surface area contributed by atoms with E-state index in [2.05, 4.69) is 0 Å². The first-order valence-corrected chi connectivity index (χ1v) is 15.7. The number of carbonyl (C=O) groups excluding carboxylic acids is 1. The van der Waals surface area contributed by atoms with E-state index >= 15 is 0 Å². The van der Waals surface area contributed by atoms with Gasteiger partial charge in [0.2, 0.25) is 10.0 Å². The van der Waals surface area contributed by atoms with Crippen LogP contribution in [0.2, 0.25) is 0 Å². The van der Waals surface area contributed by atoms with E-state index < -0.39 is 44.2 Å². The third-order valence-electron chi connectivity index (χ3n) is 6.41. The first-order chi connectivity index (χ1) is 17.8. The summed E-state index contributed by atoms with van der Waals surface area (Å²) in [6, 6.07) is 13.4. The van der Waals surface area contributed by atoms with Crippen molar-refractivity contribution in [3.05, 3.63) is 60.2 Å². The van der Waals surface area contributed by atoms with Crippen molar-refractivity contribution in [3.63, 3.8) is 0 Å². The number of amides is 1. The molecular formula is C26H36N2O8S2. The Morgan fingerprint density at radius 1 is 1.08 bits per heavy atom. The molecule has 1 heterocycles. The van der Waals surface area contributed by atoms with Crippen molar-refractivity contribution in [2.75, 3.05) is 31.6 Å². The van der Waals surface area contributed by atoms with Gasteiger partial charge in [0.05, 0.1) is 28.5 Å². The molecule has 0 unspecified atom stereocenters. The van der Waals surface area contributed by atoms with Gasteiger partial charge in [-0.05, 0) is 48.6 Å². The largest absolute Gasteiger partial charge is 0.508 e. The van der Waals surface area contributed by atoms with Crippen LogP contribution in [0.1, 0.15) is 25.8 Å². The van der Waals surface area contributed by atoms with E-state index in [1.807, 2.05) is 44.2 Å². The number of carbonyl (C=O) groups is 1. The molecule has 2 aromatic carbocycles. The van der Waals surface area contributed by atoms with Gasteiger partial charge < -0.3 is 19.8 Å². The van der Waals surface area contributed by atoms with Crippen molar-refractivity contribution in [2.24, 2.45) is 5.92 Å². The number of nitrogens with zero attached hydrogens (tertiary/aromatic N) is 2. The molecule has 2 aromatic rings. The van der Waals surface area contributed by atoms with Gasteiger partial charge in [-0.3, -0.25) is 0 Å². The van der Waals surface area contributed by atoms with Gasteiger partial charge in [0.25, 0.3) is 0 Å². The lowest BCUT2D eigenvalue weighted by Gasteiger charge is -2.35. The van der Waals surface area contributed by atoms with Crippen LogP contribution < -0.4 is 0 Å². The van der Waals surface area contributed by atoms with Crippen molar-refractivity contribution in [3.8, 4) is 5.75 Å². The first kappa shape index (κ1) is 29.9. The predicted molar refractivity (Wildman–Crippen MR) is 143 cm³/mol. The molecule has 0 radical (unpaired) electrons. The number of sulfone groups is 1. The van der Waals surface area contributed by atoms with E-state index in [0.717, 1.165) is 5.56 Å². The Balaban J connectivity index is 1.86. The summed E-state index contributed by atoms with van der Waals surface area (Å²) in [5.41, 5.74) is 0.816. The Morgan fingerprint density at radius 3 is 2.26 bits per heavy atom. The topological polar surface area (TPSA) is 142 Å². The number of aliphatic hydroxyl groups excluding tert-OH is 1. The van der Waals surface area contributed by atoms with E-state index in [9.17, 15) is 31.8 Å². The summed E-state index contributed by atoms with van der Waals surface area (Å²) in [6.45, 7) is 3.53. The van der Waals surface area contributed by atoms with Gasteiger partial charge >= 0.3 is 6.09 Å². The van der Waals surface area contributed by atoms with Crippen LogP contribution in [0.25, 0.3) is 0 Å². The second kappa shape index (κ2) is 12.5. The highest BCUT2D eigenvalue weighted by molar-refractivity contribution is 7.91. The molecular weight excluding hydrogens is 532 g/mol. The van der Waals surface area contributed by atoms with Gasteiger partial charge in [-0.2, -0.15) is 4.31 Å². The van der Waals surface area contributed by atoms with Crippen molar-refractivity contribution in [1.82, 2.24) is 9.21 Å². The summed E-state index contributed by atoms with van der Waals surface area (Å²) < 4.78 is 57.1. The molecule has 3 rings (SSSR count). The second-order valence-corrected chi connectivity index (χ2v) is 14.2. The number of phenolic OH excluding ortho intramolecular Hbond substituents is 1. The molecule has 10 nitrogen and oxygen atoms in total. The molecule has 0 saturated carbocycles. The zero-order valence-corrected chi connectivity index (χ0v) is 23.4. The molecule has 12 heteroatoms. The average Bonchev–Trinajstić information content (AvgIpc) is 3.20. The SMILES string of the molecule is CC(C)CN(C[C@@H](O)[C@H](Cc1ccccc1)N(C)C(=O)O[C@H]1CCS(=O)(=O)C1)S(=O)(=O)c1ccc(O)cc1. The summed E-state index contributed by atoms with van der Waals surface area (Å²) >= 11 is 0. The maximum Gasteiger partial charge on any atom is 0.410 e. The summed E-state index contributed by atoms with van der Waals surface area (Å²) in [5.74, 6) is -0.429. The number of aromatic hydroxyl groups is 1. The van der Waals surface area contributed by atoms with Crippen molar-refractivity contribution in [2.45, 2.75) is 49.8 Å². The van der Waals surface area contributed by atoms with Crippen LogP contribution in [0.5, 0.6) is 5.75 Å². The molecule has 2 N–H and O–H groups in total. The van der Waals surface area contributed by atoms with Crippen LogP contribution >= 0.6 is 0 Å². The average molecular weight is 569 g/mol. The first-order valence-electron chi connectivity index (χ1n) is 12.4. The van der Waals surface area contributed by atoms with E-state index in [1.54, 1.807) is 0 Å². The molecule has 3 atom stereocenters. The number of hydrogen-bond acceptors (Lipinski definition) is 8. The van der Waals surface area contributed by atoms with Crippen LogP contribution in [0.3, 0.4) is 0 Å². The Hall–Kier alpha value is -2.67. The normalized spacial score (nSPS) is 18.8. The highest BCUT2D eigenvalue weighted by Crippen LogP contribution is 2.23. The van der Waals surface area contributed by atoms with Crippen LogP contribution in [0.15, 0.2) is 59.5 Å². The minimum absolute atomic E-state index is 0.0297. The maximum atomic E-state index is 13.5. The molecule has 0 aliphatic carbocycles. The number of phenols is 1. The van der Waals surface area contributed by atoms with Gasteiger partial charge in [-0.15, -0.1) is 0 Å². The standard InChI is InChI=1S/C26H36N2O8S2/c1-19(2)16-28(38(34,35)23-11-9-21(29)10-12-23)17-25(30)24(15-20-7-5-4-6-8-20)27(3)26(31)36-22-13-14-37(32,33)18-22/h4-12,19,22,24-25,29-30H,13-18H2,1-3H3/t22-,24-,25+/m0/s1. The summed E-state index contributed by atoms with van der Waals surface area (Å²) in [7, 11) is -5.84. The maximum absolute atomic E-state index is 13.5. The molecule has 0 spiro atoms. The van der Waals surface area contributed by atoms with E-state index in [0.29, 0.717) is 0 Å². The summed E-state index contributed by atoms with van der Waals surface area (Å²) in [4.78, 5) is 14.2. The minimum Gasteiger partial charge on any atom is -0.508 e. The number of ether oxygens (including phenoxy) is 1. The Bertz CT molecular complexity index is 1280. The highest BCUT2D eigenvalue weighted by atomic mass is 32.2.